The molecule has 0 radical (unpaired) electrons. The van der Waals surface area contributed by atoms with Crippen LogP contribution in [0.2, 0.25) is 0 Å². The lowest BCUT2D eigenvalue weighted by molar-refractivity contribution is 0.100. The number of fused-ring (bicyclic) bond motifs is 2. The molecule has 0 saturated carbocycles. The molecule has 1 aliphatic carbocycles. The Morgan fingerprint density at radius 1 is 1.19 bits per heavy atom. The van der Waals surface area contributed by atoms with Crippen molar-refractivity contribution in [1.29, 1.82) is 0 Å². The molecule has 2 N–H and O–H groups in total. The minimum Gasteiger partial charge on any atom is -0.365 e. The Balaban J connectivity index is 1.76. The molecule has 0 aliphatic heterocycles. The fraction of sp³-hybridized carbons (Fsp3) is 0.211. The van der Waals surface area contributed by atoms with Crippen molar-refractivity contribution >= 4 is 11.6 Å². The number of hydrogen-bond acceptors (Lipinski definition) is 5. The largest absolute Gasteiger partial charge is 0.365 e. The van der Waals surface area contributed by atoms with E-state index in [1.807, 2.05) is 35.9 Å². The van der Waals surface area contributed by atoms with Gasteiger partial charge in [-0.3, -0.25) is 4.79 Å². The molecule has 0 atom stereocenters. The number of carbonyl (C=O) groups is 1. The van der Waals surface area contributed by atoms with Crippen LogP contribution in [-0.4, -0.2) is 35.3 Å². The van der Waals surface area contributed by atoms with Crippen LogP contribution in [0.25, 0.3) is 22.9 Å². The molecule has 1 amide bonds. The first-order valence-electron chi connectivity index (χ1n) is 8.81. The van der Waals surface area contributed by atoms with E-state index in [-0.39, 0.29) is 0 Å². The fourth-order valence-electron chi connectivity index (χ4n) is 3.64. The molecule has 4 aromatic rings. The third-order valence-electron chi connectivity index (χ3n) is 4.87. The van der Waals surface area contributed by atoms with Gasteiger partial charge in [0.1, 0.15) is 5.56 Å². The summed E-state index contributed by atoms with van der Waals surface area (Å²) in [6, 6.07) is 7.74. The Morgan fingerprint density at radius 2 is 2.07 bits per heavy atom. The summed E-state index contributed by atoms with van der Waals surface area (Å²) in [5, 5.41) is 8.95. The molecule has 4 aromatic heterocycles. The highest BCUT2D eigenvalue weighted by Gasteiger charge is 2.26. The average Bonchev–Trinajstić information content (AvgIpc) is 3.34. The molecular weight excluding hydrogens is 342 g/mol. The van der Waals surface area contributed by atoms with Crippen LogP contribution >= 0.6 is 0 Å². The van der Waals surface area contributed by atoms with E-state index < -0.39 is 5.91 Å². The quantitative estimate of drug-likeness (QED) is 0.601. The van der Waals surface area contributed by atoms with Crippen LogP contribution in [0.5, 0.6) is 0 Å². The summed E-state index contributed by atoms with van der Waals surface area (Å²) in [5.74, 6) is 0.207. The highest BCUT2D eigenvalue weighted by atomic mass is 16.1. The number of primary amides is 1. The van der Waals surface area contributed by atoms with Crippen molar-refractivity contribution < 1.29 is 4.79 Å². The van der Waals surface area contributed by atoms with E-state index in [1.165, 1.54) is 11.8 Å². The van der Waals surface area contributed by atoms with Gasteiger partial charge in [-0.15, -0.1) is 0 Å². The van der Waals surface area contributed by atoms with Crippen molar-refractivity contribution in [3.8, 4) is 17.2 Å². The van der Waals surface area contributed by atoms with Crippen LogP contribution < -0.4 is 5.73 Å². The van der Waals surface area contributed by atoms with Gasteiger partial charge in [-0.1, -0.05) is 6.07 Å². The van der Waals surface area contributed by atoms with Gasteiger partial charge in [-0.25, -0.2) is 19.2 Å². The summed E-state index contributed by atoms with van der Waals surface area (Å²) in [7, 11) is 0. The number of hydrogen-bond donors (Lipinski definition) is 1. The molecule has 8 nitrogen and oxygen atoms in total. The van der Waals surface area contributed by atoms with E-state index in [0.717, 1.165) is 47.9 Å². The monoisotopic (exact) mass is 359 g/mol. The number of nitrogens with two attached hydrogens (primary N) is 1. The number of aryl methyl sites for hydroxylation is 2. The minimum absolute atomic E-state index is 0.299. The van der Waals surface area contributed by atoms with Gasteiger partial charge in [0.15, 0.2) is 11.5 Å². The van der Waals surface area contributed by atoms with Crippen molar-refractivity contribution in [2.75, 3.05) is 0 Å². The molecule has 0 spiro atoms. The lowest BCUT2D eigenvalue weighted by Crippen LogP contribution is -2.11. The highest BCUT2D eigenvalue weighted by Crippen LogP contribution is 2.33. The first-order valence-corrected chi connectivity index (χ1v) is 8.81. The maximum atomic E-state index is 11.7. The van der Waals surface area contributed by atoms with Gasteiger partial charge in [0.2, 0.25) is 0 Å². The Labute approximate surface area is 154 Å². The van der Waals surface area contributed by atoms with Gasteiger partial charge in [-0.2, -0.15) is 10.2 Å². The number of rotatable bonds is 3. The van der Waals surface area contributed by atoms with Gasteiger partial charge in [0.05, 0.1) is 23.3 Å². The number of carbonyl (C=O) groups excluding carboxylic acids is 1. The van der Waals surface area contributed by atoms with E-state index in [4.69, 9.17) is 15.8 Å². The third-order valence-corrected chi connectivity index (χ3v) is 4.87. The Hall–Kier alpha value is -3.55. The molecular formula is C19H17N7O. The predicted molar refractivity (Wildman–Crippen MR) is 98.6 cm³/mol. The third kappa shape index (κ3) is 2.41. The lowest BCUT2D eigenvalue weighted by atomic mass is 10.1. The van der Waals surface area contributed by atoms with E-state index in [9.17, 15) is 4.79 Å². The normalized spacial score (nSPS) is 13.2. The second-order valence-electron chi connectivity index (χ2n) is 6.68. The van der Waals surface area contributed by atoms with E-state index in [0.29, 0.717) is 11.2 Å². The van der Waals surface area contributed by atoms with Crippen LogP contribution in [0.1, 0.15) is 33.7 Å². The highest BCUT2D eigenvalue weighted by molar-refractivity contribution is 5.98. The molecule has 0 unspecified atom stereocenters. The fourth-order valence-corrected chi connectivity index (χ4v) is 3.64. The van der Waals surface area contributed by atoms with Crippen LogP contribution in [-0.2, 0) is 12.8 Å². The maximum absolute atomic E-state index is 11.7. The summed E-state index contributed by atoms with van der Waals surface area (Å²) < 4.78 is 3.41. The summed E-state index contributed by atoms with van der Waals surface area (Å²) in [6.07, 6.45) is 6.20. The number of aromatic nitrogens is 6. The minimum atomic E-state index is -0.547. The summed E-state index contributed by atoms with van der Waals surface area (Å²) >= 11 is 0. The van der Waals surface area contributed by atoms with Gasteiger partial charge < -0.3 is 5.73 Å². The van der Waals surface area contributed by atoms with Crippen molar-refractivity contribution in [3.63, 3.8) is 0 Å². The predicted octanol–water partition coefficient (Wildman–Crippen LogP) is 1.87. The zero-order valence-corrected chi connectivity index (χ0v) is 14.8. The Bertz CT molecular complexity index is 1200. The molecule has 0 fully saturated rings. The molecule has 5 rings (SSSR count). The number of amides is 1. The zero-order valence-electron chi connectivity index (χ0n) is 14.8. The van der Waals surface area contributed by atoms with E-state index in [1.54, 1.807) is 10.7 Å². The SMILES string of the molecule is Cc1cccc(-n2nc3c(c2-c2ccn4ncc(C(N)=O)c4n2)CCC3)n1. The van der Waals surface area contributed by atoms with Crippen molar-refractivity contribution in [3.05, 3.63) is 59.2 Å². The topological polar surface area (TPSA) is 104 Å². The zero-order chi connectivity index (χ0) is 18.5. The van der Waals surface area contributed by atoms with Gasteiger partial charge in [0.25, 0.3) is 5.91 Å². The van der Waals surface area contributed by atoms with Crippen LogP contribution in [0.15, 0.2) is 36.7 Å². The Morgan fingerprint density at radius 3 is 2.89 bits per heavy atom. The van der Waals surface area contributed by atoms with Crippen molar-refractivity contribution in [2.24, 2.45) is 5.73 Å². The van der Waals surface area contributed by atoms with Crippen LogP contribution in [0.4, 0.5) is 0 Å². The maximum Gasteiger partial charge on any atom is 0.254 e. The van der Waals surface area contributed by atoms with Crippen LogP contribution in [0, 0.1) is 6.92 Å². The molecule has 0 aromatic carbocycles. The molecule has 1 aliphatic rings. The standard InChI is InChI=1S/C19H17N7O/c1-11-4-2-7-16(22-11)26-17(12-5-3-6-14(12)24-26)15-8-9-25-19(23-15)13(10-21-25)18(20)27/h2,4,7-10H,3,5-6H2,1H3,(H2,20,27). The van der Waals surface area contributed by atoms with Gasteiger partial charge in [0, 0.05) is 17.5 Å². The molecule has 134 valence electrons. The second-order valence-corrected chi connectivity index (χ2v) is 6.68. The van der Waals surface area contributed by atoms with E-state index in [2.05, 4.69) is 10.1 Å². The lowest BCUT2D eigenvalue weighted by Gasteiger charge is -2.09. The number of nitrogens with zero attached hydrogens (tertiary/aromatic N) is 6. The first-order chi connectivity index (χ1) is 13.1. The van der Waals surface area contributed by atoms with Crippen LogP contribution in [0.3, 0.4) is 0 Å². The van der Waals surface area contributed by atoms with Crippen molar-refractivity contribution in [2.45, 2.75) is 26.2 Å². The average molecular weight is 359 g/mol. The molecule has 8 heteroatoms. The molecule has 0 saturated heterocycles. The van der Waals surface area contributed by atoms with Crippen molar-refractivity contribution in [1.82, 2.24) is 29.4 Å². The summed E-state index contributed by atoms with van der Waals surface area (Å²) in [4.78, 5) is 21.0. The smallest absolute Gasteiger partial charge is 0.254 e. The second kappa shape index (κ2) is 5.73. The molecule has 0 bridgehead atoms. The summed E-state index contributed by atoms with van der Waals surface area (Å²) in [5.41, 5.74) is 11.0. The van der Waals surface area contributed by atoms with E-state index >= 15 is 0 Å². The molecule has 27 heavy (non-hydrogen) atoms. The summed E-state index contributed by atoms with van der Waals surface area (Å²) in [6.45, 7) is 1.95. The Kier molecular flexibility index (Phi) is 3.33. The van der Waals surface area contributed by atoms with Gasteiger partial charge >= 0.3 is 0 Å². The number of pyridine rings is 1. The first kappa shape index (κ1) is 15.7. The molecule has 4 heterocycles. The van der Waals surface area contributed by atoms with Gasteiger partial charge in [-0.05, 0) is 44.4 Å².